The molecule has 0 aliphatic rings. The zero-order valence-electron chi connectivity index (χ0n) is 8.08. The van der Waals surface area contributed by atoms with Crippen LogP contribution in [-0.2, 0) is 15.9 Å². The van der Waals surface area contributed by atoms with E-state index < -0.39 is 0 Å². The zero-order valence-corrected chi connectivity index (χ0v) is 12.1. The Morgan fingerprint density at radius 1 is 1.21 bits per heavy atom. The predicted octanol–water partition coefficient (Wildman–Crippen LogP) is 4.17. The number of hydrogen-bond donors (Lipinski definition) is 0. The SMILES string of the molecule is CCCCPc1ccccc1.[Cl][Pd][Cl]. The molecule has 0 N–H and O–H groups in total. The molecule has 0 fully saturated rings. The molecule has 1 rings (SSSR count). The Bertz CT molecular complexity index is 207. The van der Waals surface area contributed by atoms with E-state index in [4.69, 9.17) is 19.1 Å². The van der Waals surface area contributed by atoms with Crippen LogP contribution in [0.2, 0.25) is 0 Å². The quantitative estimate of drug-likeness (QED) is 0.437. The van der Waals surface area contributed by atoms with Crippen molar-refractivity contribution in [1.82, 2.24) is 0 Å². The van der Waals surface area contributed by atoms with Gasteiger partial charge in [-0.25, -0.2) is 0 Å². The number of halogens is 2. The molecule has 0 aliphatic heterocycles. The third kappa shape index (κ3) is 9.45. The molecule has 4 heteroatoms. The maximum atomic E-state index is 4.81. The second-order valence-electron chi connectivity index (χ2n) is 2.69. The van der Waals surface area contributed by atoms with Gasteiger partial charge in [0.1, 0.15) is 0 Å². The molecule has 1 atom stereocenters. The monoisotopic (exact) mass is 342 g/mol. The van der Waals surface area contributed by atoms with Crippen LogP contribution in [0.4, 0.5) is 0 Å². The molecular formula is C10H15Cl2PPd. The van der Waals surface area contributed by atoms with Crippen LogP contribution >= 0.6 is 27.6 Å². The third-order valence-corrected chi connectivity index (χ3v) is 2.98. The van der Waals surface area contributed by atoms with E-state index >= 15 is 0 Å². The molecule has 0 radical (unpaired) electrons. The Kier molecular flexibility index (Phi) is 12.7. The Balaban J connectivity index is 0.000000500. The van der Waals surface area contributed by atoms with Crippen molar-refractivity contribution < 1.29 is 15.9 Å². The van der Waals surface area contributed by atoms with Crippen LogP contribution in [-0.4, -0.2) is 6.16 Å². The Hall–Kier alpha value is 0.892. The van der Waals surface area contributed by atoms with Crippen LogP contribution < -0.4 is 5.30 Å². The maximum absolute atomic E-state index is 4.81. The third-order valence-electron chi connectivity index (χ3n) is 1.63. The fourth-order valence-electron chi connectivity index (χ4n) is 0.966. The molecule has 0 heterocycles. The minimum atomic E-state index is -0.106. The molecule has 0 bridgehead atoms. The van der Waals surface area contributed by atoms with Crippen molar-refractivity contribution in [3.8, 4) is 0 Å². The summed E-state index contributed by atoms with van der Waals surface area (Å²) in [4.78, 5) is 0. The van der Waals surface area contributed by atoms with E-state index in [-0.39, 0.29) is 15.9 Å². The van der Waals surface area contributed by atoms with Crippen molar-refractivity contribution in [2.24, 2.45) is 0 Å². The fraction of sp³-hybridized carbons (Fsp3) is 0.400. The molecule has 0 nitrogen and oxygen atoms in total. The van der Waals surface area contributed by atoms with E-state index in [2.05, 4.69) is 37.3 Å². The Labute approximate surface area is 105 Å². The molecule has 0 aromatic heterocycles. The van der Waals surface area contributed by atoms with E-state index in [0.29, 0.717) is 0 Å². The first-order valence-electron chi connectivity index (χ1n) is 4.46. The standard InChI is InChI=1S/C10H15P.2ClH.Pd/c1-2-3-9-11-10-7-5-4-6-8-10;;;/h4-8,11H,2-3,9H2,1H3;2*1H;/q;;;+2/p-2. The molecule has 0 aliphatic carbocycles. The van der Waals surface area contributed by atoms with Crippen molar-refractivity contribution in [2.45, 2.75) is 19.8 Å². The van der Waals surface area contributed by atoms with Gasteiger partial charge in [-0.1, -0.05) is 52.3 Å². The van der Waals surface area contributed by atoms with Gasteiger partial charge in [-0.2, -0.15) is 0 Å². The van der Waals surface area contributed by atoms with Crippen LogP contribution in [0.1, 0.15) is 19.8 Å². The van der Waals surface area contributed by atoms with E-state index in [1.165, 1.54) is 24.3 Å². The van der Waals surface area contributed by atoms with E-state index in [9.17, 15) is 0 Å². The van der Waals surface area contributed by atoms with Gasteiger partial charge in [-0.15, -0.1) is 0 Å². The second-order valence-corrected chi connectivity index (χ2v) is 6.48. The van der Waals surface area contributed by atoms with Crippen LogP contribution in [0.5, 0.6) is 0 Å². The predicted molar refractivity (Wildman–Crippen MR) is 65.9 cm³/mol. The summed E-state index contributed by atoms with van der Waals surface area (Å²) in [6.45, 7) is 2.25. The number of benzene rings is 1. The fourth-order valence-corrected chi connectivity index (χ4v) is 2.21. The first-order valence-corrected chi connectivity index (χ1v) is 9.67. The number of hydrogen-bond acceptors (Lipinski definition) is 0. The summed E-state index contributed by atoms with van der Waals surface area (Å²) in [6.07, 6.45) is 4.05. The minimum absolute atomic E-state index is 0.106. The molecule has 0 saturated carbocycles. The van der Waals surface area contributed by atoms with Crippen LogP contribution in [0.3, 0.4) is 0 Å². The summed E-state index contributed by atoms with van der Waals surface area (Å²) in [7, 11) is 10.6. The van der Waals surface area contributed by atoms with Gasteiger partial charge < -0.3 is 0 Å². The summed E-state index contributed by atoms with van der Waals surface area (Å²) in [5.74, 6) is 0. The van der Waals surface area contributed by atoms with Gasteiger partial charge in [0.15, 0.2) is 0 Å². The average molecular weight is 344 g/mol. The molecule has 84 valence electrons. The normalized spacial score (nSPS) is 10.2. The molecule has 14 heavy (non-hydrogen) atoms. The van der Waals surface area contributed by atoms with Gasteiger partial charge in [0, 0.05) is 0 Å². The van der Waals surface area contributed by atoms with E-state index in [1.54, 1.807) is 0 Å². The average Bonchev–Trinajstić information content (AvgIpc) is 2.21. The van der Waals surface area contributed by atoms with Gasteiger partial charge in [-0.05, 0) is 17.9 Å². The van der Waals surface area contributed by atoms with Gasteiger partial charge in [-0.3, -0.25) is 0 Å². The Morgan fingerprint density at radius 2 is 1.79 bits per heavy atom. The van der Waals surface area contributed by atoms with Crippen molar-refractivity contribution >= 4 is 32.9 Å². The summed E-state index contributed by atoms with van der Waals surface area (Å²) in [6, 6.07) is 10.7. The molecule has 1 aromatic carbocycles. The van der Waals surface area contributed by atoms with Gasteiger partial charge in [0.2, 0.25) is 0 Å². The van der Waals surface area contributed by atoms with Crippen molar-refractivity contribution in [2.75, 3.05) is 6.16 Å². The second kappa shape index (κ2) is 12.0. The first-order chi connectivity index (χ1) is 6.85. The van der Waals surface area contributed by atoms with Gasteiger partial charge in [0.25, 0.3) is 0 Å². The van der Waals surface area contributed by atoms with Crippen LogP contribution in [0.15, 0.2) is 30.3 Å². The zero-order chi connectivity index (χ0) is 10.6. The molecule has 1 unspecified atom stereocenters. The van der Waals surface area contributed by atoms with Gasteiger partial charge in [0.05, 0.1) is 0 Å². The summed E-state index contributed by atoms with van der Waals surface area (Å²) < 4.78 is 0. The summed E-state index contributed by atoms with van der Waals surface area (Å²) >= 11 is -0.106. The van der Waals surface area contributed by atoms with Crippen LogP contribution in [0, 0.1) is 0 Å². The van der Waals surface area contributed by atoms with Gasteiger partial charge >= 0.3 is 35.0 Å². The number of unbranched alkanes of at least 4 members (excludes halogenated alkanes) is 1. The molecule has 0 saturated heterocycles. The molecule has 0 spiro atoms. The summed E-state index contributed by atoms with van der Waals surface area (Å²) in [5, 5.41) is 1.50. The van der Waals surface area contributed by atoms with Crippen LogP contribution in [0.25, 0.3) is 0 Å². The summed E-state index contributed by atoms with van der Waals surface area (Å²) in [5.41, 5.74) is 0. The van der Waals surface area contributed by atoms with Crippen molar-refractivity contribution in [1.29, 1.82) is 0 Å². The van der Waals surface area contributed by atoms with Crippen molar-refractivity contribution in [3.63, 3.8) is 0 Å². The Morgan fingerprint density at radius 3 is 2.29 bits per heavy atom. The van der Waals surface area contributed by atoms with E-state index in [0.717, 1.165) is 8.58 Å². The molecule has 1 aromatic rings. The van der Waals surface area contributed by atoms with Crippen molar-refractivity contribution in [3.05, 3.63) is 30.3 Å². The molecular weight excluding hydrogens is 328 g/mol. The van der Waals surface area contributed by atoms with E-state index in [1.807, 2.05) is 0 Å². The molecule has 0 amide bonds. The number of rotatable bonds is 4. The topological polar surface area (TPSA) is 0 Å². The first kappa shape index (κ1) is 14.9.